The molecule has 0 saturated carbocycles. The first-order chi connectivity index (χ1) is 15.5. The fraction of sp³-hybridized carbons (Fsp3) is 0.240. The number of carbonyl (C=O) groups is 2. The summed E-state index contributed by atoms with van der Waals surface area (Å²) in [5.41, 5.74) is 2.82. The Morgan fingerprint density at radius 1 is 1.19 bits per heavy atom. The van der Waals surface area contributed by atoms with Crippen molar-refractivity contribution in [3.05, 3.63) is 89.6 Å². The summed E-state index contributed by atoms with van der Waals surface area (Å²) in [6.07, 6.45) is 7.33. The molecule has 0 aliphatic carbocycles. The maximum absolute atomic E-state index is 13.3. The summed E-state index contributed by atoms with van der Waals surface area (Å²) >= 11 is 0. The number of ether oxygens (including phenoxy) is 1. The molecule has 1 aliphatic rings. The highest BCUT2D eigenvalue weighted by atomic mass is 16.5. The predicted molar refractivity (Wildman–Crippen MR) is 122 cm³/mol. The SMILES string of the molecule is COc1cccc(C(NC(=O)CC2c3ccccc3C=CN2C(C)=O)c2nccn2C)c1. The Hall–Kier alpha value is -3.87. The second-order valence-corrected chi connectivity index (χ2v) is 7.76. The highest BCUT2D eigenvalue weighted by molar-refractivity contribution is 5.82. The lowest BCUT2D eigenvalue weighted by atomic mass is 9.93. The van der Waals surface area contributed by atoms with Gasteiger partial charge in [0.15, 0.2) is 0 Å². The van der Waals surface area contributed by atoms with Gasteiger partial charge in [0.05, 0.1) is 19.6 Å². The fourth-order valence-electron chi connectivity index (χ4n) is 4.08. The minimum absolute atomic E-state index is 0.109. The summed E-state index contributed by atoms with van der Waals surface area (Å²) in [5.74, 6) is 1.12. The topological polar surface area (TPSA) is 76.5 Å². The van der Waals surface area contributed by atoms with Gasteiger partial charge in [0.25, 0.3) is 0 Å². The number of amides is 2. The van der Waals surface area contributed by atoms with Crippen LogP contribution in [0.5, 0.6) is 5.75 Å². The standard InChI is InChI=1S/C25H26N4O3/c1-17(30)29-13-11-18-7-4-5-10-21(18)22(29)16-23(31)27-24(25-26-12-14-28(25)2)19-8-6-9-20(15-19)32-3/h4-15,22,24H,16H2,1-3H3,(H,27,31). The van der Waals surface area contributed by atoms with Crippen LogP contribution in [0.4, 0.5) is 0 Å². The minimum Gasteiger partial charge on any atom is -0.497 e. The molecule has 0 spiro atoms. The number of nitrogens with zero attached hydrogens (tertiary/aromatic N) is 3. The van der Waals surface area contributed by atoms with Crippen LogP contribution in [0.25, 0.3) is 6.08 Å². The molecule has 7 heteroatoms. The van der Waals surface area contributed by atoms with Crippen molar-refractivity contribution in [1.29, 1.82) is 0 Å². The van der Waals surface area contributed by atoms with Crippen LogP contribution >= 0.6 is 0 Å². The Morgan fingerprint density at radius 2 is 2.00 bits per heavy atom. The van der Waals surface area contributed by atoms with Crippen LogP contribution in [0, 0.1) is 0 Å². The molecular weight excluding hydrogens is 404 g/mol. The summed E-state index contributed by atoms with van der Waals surface area (Å²) in [7, 11) is 3.50. The molecular formula is C25H26N4O3. The lowest BCUT2D eigenvalue weighted by Gasteiger charge is -2.32. The molecule has 2 amide bonds. The summed E-state index contributed by atoms with van der Waals surface area (Å²) in [6, 6.07) is 14.6. The monoisotopic (exact) mass is 430 g/mol. The van der Waals surface area contributed by atoms with Gasteiger partial charge in [-0.2, -0.15) is 0 Å². The smallest absolute Gasteiger partial charge is 0.223 e. The maximum Gasteiger partial charge on any atom is 0.223 e. The zero-order valence-electron chi connectivity index (χ0n) is 18.4. The third kappa shape index (κ3) is 4.27. The van der Waals surface area contributed by atoms with Crippen LogP contribution in [-0.4, -0.2) is 33.4 Å². The molecule has 164 valence electrons. The molecule has 32 heavy (non-hydrogen) atoms. The van der Waals surface area contributed by atoms with Crippen molar-refractivity contribution in [2.24, 2.45) is 7.05 Å². The van der Waals surface area contributed by atoms with Crippen LogP contribution in [0.1, 0.15) is 47.9 Å². The average Bonchev–Trinajstić information content (AvgIpc) is 3.23. The summed E-state index contributed by atoms with van der Waals surface area (Å²) in [6.45, 7) is 1.51. The minimum atomic E-state index is -0.460. The largest absolute Gasteiger partial charge is 0.497 e. The number of rotatable bonds is 6. The third-order valence-corrected chi connectivity index (χ3v) is 5.70. The van der Waals surface area contributed by atoms with E-state index in [0.717, 1.165) is 16.7 Å². The van der Waals surface area contributed by atoms with Gasteiger partial charge < -0.3 is 19.5 Å². The molecule has 0 fully saturated rings. The van der Waals surface area contributed by atoms with Gasteiger partial charge in [0.2, 0.25) is 11.8 Å². The first-order valence-electron chi connectivity index (χ1n) is 10.4. The quantitative estimate of drug-likeness (QED) is 0.648. The molecule has 2 aromatic carbocycles. The Labute approximate surface area is 187 Å². The number of hydrogen-bond acceptors (Lipinski definition) is 4. The van der Waals surface area contributed by atoms with Crippen molar-refractivity contribution in [2.75, 3.05) is 7.11 Å². The number of imidazole rings is 1. The molecule has 1 aliphatic heterocycles. The molecule has 1 N–H and O–H groups in total. The van der Waals surface area contributed by atoms with E-state index < -0.39 is 6.04 Å². The van der Waals surface area contributed by atoms with Gasteiger partial charge in [-0.1, -0.05) is 36.4 Å². The van der Waals surface area contributed by atoms with E-state index >= 15 is 0 Å². The Balaban J connectivity index is 1.63. The van der Waals surface area contributed by atoms with Crippen molar-refractivity contribution in [1.82, 2.24) is 19.8 Å². The zero-order valence-corrected chi connectivity index (χ0v) is 18.4. The maximum atomic E-state index is 13.3. The lowest BCUT2D eigenvalue weighted by molar-refractivity contribution is -0.130. The number of nitrogens with one attached hydrogen (secondary N) is 1. The average molecular weight is 431 g/mol. The van der Waals surface area contributed by atoms with Gasteiger partial charge in [-0.15, -0.1) is 0 Å². The van der Waals surface area contributed by atoms with Crippen molar-refractivity contribution < 1.29 is 14.3 Å². The van der Waals surface area contributed by atoms with E-state index in [0.29, 0.717) is 11.6 Å². The number of carbonyl (C=O) groups excluding carboxylic acids is 2. The van der Waals surface area contributed by atoms with E-state index in [-0.39, 0.29) is 24.3 Å². The van der Waals surface area contributed by atoms with Crippen LogP contribution in [-0.2, 0) is 16.6 Å². The van der Waals surface area contributed by atoms with Crippen LogP contribution in [0.2, 0.25) is 0 Å². The van der Waals surface area contributed by atoms with E-state index in [1.807, 2.05) is 72.4 Å². The first-order valence-corrected chi connectivity index (χ1v) is 10.4. The van der Waals surface area contributed by atoms with Gasteiger partial charge >= 0.3 is 0 Å². The molecule has 2 heterocycles. The Morgan fingerprint density at radius 3 is 2.72 bits per heavy atom. The Bertz CT molecular complexity index is 1170. The molecule has 0 bridgehead atoms. The van der Waals surface area contributed by atoms with E-state index in [1.54, 1.807) is 24.4 Å². The first kappa shape index (κ1) is 21.4. The van der Waals surface area contributed by atoms with E-state index in [2.05, 4.69) is 10.3 Å². The van der Waals surface area contributed by atoms with Crippen molar-refractivity contribution in [3.8, 4) is 5.75 Å². The molecule has 0 radical (unpaired) electrons. The van der Waals surface area contributed by atoms with Gasteiger partial charge in [-0.3, -0.25) is 9.59 Å². The summed E-state index contributed by atoms with van der Waals surface area (Å²) < 4.78 is 7.25. The molecule has 1 aromatic heterocycles. The number of methoxy groups -OCH3 is 1. The molecule has 0 saturated heterocycles. The number of aryl methyl sites for hydroxylation is 1. The molecule has 7 nitrogen and oxygen atoms in total. The highest BCUT2D eigenvalue weighted by Gasteiger charge is 2.30. The molecule has 2 atom stereocenters. The van der Waals surface area contributed by atoms with E-state index in [4.69, 9.17) is 4.74 Å². The summed E-state index contributed by atoms with van der Waals surface area (Å²) in [4.78, 5) is 31.6. The van der Waals surface area contributed by atoms with Crippen LogP contribution in [0.15, 0.2) is 67.1 Å². The van der Waals surface area contributed by atoms with Crippen molar-refractivity contribution in [3.63, 3.8) is 0 Å². The van der Waals surface area contributed by atoms with E-state index in [1.165, 1.54) is 6.92 Å². The zero-order chi connectivity index (χ0) is 22.7. The van der Waals surface area contributed by atoms with Gasteiger partial charge in [0.1, 0.15) is 17.6 Å². The second kappa shape index (κ2) is 9.09. The summed E-state index contributed by atoms with van der Waals surface area (Å²) in [5, 5.41) is 3.13. The Kier molecular flexibility index (Phi) is 6.07. The van der Waals surface area contributed by atoms with Crippen molar-refractivity contribution in [2.45, 2.75) is 25.4 Å². The van der Waals surface area contributed by atoms with E-state index in [9.17, 15) is 9.59 Å². The van der Waals surface area contributed by atoms with Crippen molar-refractivity contribution >= 4 is 17.9 Å². The van der Waals surface area contributed by atoms with Crippen LogP contribution in [0.3, 0.4) is 0 Å². The predicted octanol–water partition coefficient (Wildman–Crippen LogP) is 3.60. The number of fused-ring (bicyclic) bond motifs is 1. The molecule has 4 rings (SSSR count). The van der Waals surface area contributed by atoms with Crippen LogP contribution < -0.4 is 10.1 Å². The van der Waals surface area contributed by atoms with Gasteiger partial charge in [-0.05, 0) is 34.9 Å². The molecule has 2 unspecified atom stereocenters. The number of benzene rings is 2. The second-order valence-electron chi connectivity index (χ2n) is 7.76. The molecule has 3 aromatic rings. The number of aromatic nitrogens is 2. The van der Waals surface area contributed by atoms with Gasteiger partial charge in [0, 0.05) is 32.6 Å². The highest BCUT2D eigenvalue weighted by Crippen LogP contribution is 2.33. The lowest BCUT2D eigenvalue weighted by Crippen LogP contribution is -2.37. The number of hydrogen-bond donors (Lipinski definition) is 1. The normalized spacial score (nSPS) is 15.7. The van der Waals surface area contributed by atoms with Gasteiger partial charge in [-0.25, -0.2) is 4.98 Å². The third-order valence-electron chi connectivity index (χ3n) is 5.70. The fourth-order valence-corrected chi connectivity index (χ4v) is 4.08.